The zero-order chi connectivity index (χ0) is 12.3. The summed E-state index contributed by atoms with van der Waals surface area (Å²) in [6.07, 6.45) is 4.58. The van der Waals surface area contributed by atoms with Crippen molar-refractivity contribution < 1.29 is 0 Å². The lowest BCUT2D eigenvalue weighted by Gasteiger charge is -2.42. The average molecular weight is 310 g/mol. The molecular formula is C14H16BrNS. The number of thioether (sulfide) groups is 1. The van der Waals surface area contributed by atoms with Gasteiger partial charge in [-0.05, 0) is 46.8 Å². The molecule has 3 heteroatoms. The molecule has 0 aromatic heterocycles. The lowest BCUT2D eigenvalue weighted by molar-refractivity contribution is 0.258. The van der Waals surface area contributed by atoms with E-state index in [4.69, 9.17) is 0 Å². The molecule has 17 heavy (non-hydrogen) atoms. The van der Waals surface area contributed by atoms with Crippen LogP contribution < -0.4 is 0 Å². The minimum Gasteiger partial charge on any atom is -0.197 e. The maximum atomic E-state index is 9.39. The zero-order valence-corrected chi connectivity index (χ0v) is 12.4. The number of hydrogen-bond acceptors (Lipinski definition) is 2. The second kappa shape index (κ2) is 5.46. The van der Waals surface area contributed by atoms with Crippen LogP contribution >= 0.6 is 27.7 Å². The molecule has 1 aromatic rings. The first-order valence-corrected chi connectivity index (χ1v) is 7.65. The third-order valence-corrected chi connectivity index (χ3v) is 5.62. The molecule has 0 atom stereocenters. The molecule has 0 bridgehead atoms. The van der Waals surface area contributed by atoms with Crippen molar-refractivity contribution in [1.82, 2.24) is 0 Å². The van der Waals surface area contributed by atoms with Crippen molar-refractivity contribution in [2.75, 3.05) is 0 Å². The topological polar surface area (TPSA) is 23.8 Å². The third kappa shape index (κ3) is 2.86. The molecule has 1 aliphatic carbocycles. The fraction of sp³-hybridized carbons (Fsp3) is 0.500. The van der Waals surface area contributed by atoms with Gasteiger partial charge in [-0.15, -0.1) is 11.8 Å². The maximum Gasteiger partial charge on any atom is 0.108 e. The van der Waals surface area contributed by atoms with E-state index in [0.717, 1.165) is 23.2 Å². The number of nitriles is 1. The molecule has 90 valence electrons. The van der Waals surface area contributed by atoms with Crippen LogP contribution in [0.3, 0.4) is 0 Å². The summed E-state index contributed by atoms with van der Waals surface area (Å²) in [6, 6.07) is 10.7. The van der Waals surface area contributed by atoms with Crippen molar-refractivity contribution in [3.8, 4) is 6.07 Å². The van der Waals surface area contributed by atoms with Gasteiger partial charge in [-0.2, -0.15) is 5.26 Å². The van der Waals surface area contributed by atoms with Crippen molar-refractivity contribution in [3.05, 3.63) is 28.7 Å². The Bertz CT molecular complexity index is 432. The van der Waals surface area contributed by atoms with Gasteiger partial charge in [-0.25, -0.2) is 0 Å². The molecular weight excluding hydrogens is 294 g/mol. The molecule has 1 fully saturated rings. The fourth-order valence-corrected chi connectivity index (χ4v) is 4.37. The number of hydrogen-bond donors (Lipinski definition) is 0. The SMILES string of the molecule is CCCC1CC(C#N)(Sc2ccccc2Br)C1. The summed E-state index contributed by atoms with van der Waals surface area (Å²) in [5.74, 6) is 0.759. The molecule has 1 aromatic carbocycles. The number of halogens is 1. The molecule has 0 saturated heterocycles. The van der Waals surface area contributed by atoms with Crippen molar-refractivity contribution >= 4 is 27.7 Å². The first-order valence-electron chi connectivity index (χ1n) is 6.04. The normalized spacial score (nSPS) is 27.2. The van der Waals surface area contributed by atoms with Crippen LogP contribution in [0.1, 0.15) is 32.6 Å². The lowest BCUT2D eigenvalue weighted by atomic mass is 9.73. The Morgan fingerprint density at radius 1 is 1.47 bits per heavy atom. The van der Waals surface area contributed by atoms with Gasteiger partial charge >= 0.3 is 0 Å². The number of nitrogens with zero attached hydrogens (tertiary/aromatic N) is 1. The molecule has 0 radical (unpaired) electrons. The molecule has 1 saturated carbocycles. The summed E-state index contributed by atoms with van der Waals surface area (Å²) < 4.78 is 0.919. The van der Waals surface area contributed by atoms with Crippen molar-refractivity contribution in [3.63, 3.8) is 0 Å². The number of benzene rings is 1. The Morgan fingerprint density at radius 2 is 2.18 bits per heavy atom. The van der Waals surface area contributed by atoms with E-state index >= 15 is 0 Å². The highest BCUT2D eigenvalue weighted by molar-refractivity contribution is 9.10. The molecule has 0 amide bonds. The highest BCUT2D eigenvalue weighted by Crippen LogP contribution is 2.52. The Labute approximate surface area is 116 Å². The van der Waals surface area contributed by atoms with Gasteiger partial charge in [-0.1, -0.05) is 31.9 Å². The maximum absolute atomic E-state index is 9.39. The van der Waals surface area contributed by atoms with E-state index in [1.807, 2.05) is 18.2 Å². The average Bonchev–Trinajstić information content (AvgIpc) is 2.29. The van der Waals surface area contributed by atoms with Gasteiger partial charge in [0.25, 0.3) is 0 Å². The minimum atomic E-state index is -0.177. The van der Waals surface area contributed by atoms with Crippen LogP contribution in [0.5, 0.6) is 0 Å². The zero-order valence-electron chi connectivity index (χ0n) is 9.95. The molecule has 0 unspecified atom stereocenters. The summed E-state index contributed by atoms with van der Waals surface area (Å²) in [5.41, 5.74) is 0. The minimum absolute atomic E-state index is 0.177. The van der Waals surface area contributed by atoms with Crippen LogP contribution in [-0.4, -0.2) is 4.75 Å². The molecule has 2 rings (SSSR count). The van der Waals surface area contributed by atoms with E-state index in [0.29, 0.717) is 0 Å². The highest BCUT2D eigenvalue weighted by Gasteiger charge is 2.45. The van der Waals surface area contributed by atoms with Crippen LogP contribution in [0.15, 0.2) is 33.6 Å². The summed E-state index contributed by atoms with van der Waals surface area (Å²) in [6.45, 7) is 2.22. The van der Waals surface area contributed by atoms with Crippen LogP contribution in [0.2, 0.25) is 0 Å². The van der Waals surface area contributed by atoms with Crippen molar-refractivity contribution in [1.29, 1.82) is 5.26 Å². The Balaban J connectivity index is 2.04. The Hall–Kier alpha value is -0.460. The standard InChI is InChI=1S/C14H16BrNS/c1-2-5-11-8-14(9-11,10-16)17-13-7-4-3-6-12(13)15/h3-4,6-7,11H,2,5,8-9H2,1H3. The van der Waals surface area contributed by atoms with Gasteiger partial charge in [0.2, 0.25) is 0 Å². The van der Waals surface area contributed by atoms with Gasteiger partial charge < -0.3 is 0 Å². The highest BCUT2D eigenvalue weighted by atomic mass is 79.9. The van der Waals surface area contributed by atoms with Crippen LogP contribution in [0, 0.1) is 17.2 Å². The summed E-state index contributed by atoms with van der Waals surface area (Å²) in [7, 11) is 0. The Morgan fingerprint density at radius 3 is 2.76 bits per heavy atom. The molecule has 0 N–H and O–H groups in total. The Kier molecular flexibility index (Phi) is 4.17. The predicted octanol–water partition coefficient (Wildman–Crippen LogP) is 5.01. The summed E-state index contributed by atoms with van der Waals surface area (Å²) >= 11 is 5.27. The molecule has 0 heterocycles. The molecule has 0 aliphatic heterocycles. The van der Waals surface area contributed by atoms with E-state index in [1.165, 1.54) is 17.7 Å². The fourth-order valence-electron chi connectivity index (χ4n) is 2.42. The van der Waals surface area contributed by atoms with Gasteiger partial charge in [0.05, 0.1) is 6.07 Å². The third-order valence-electron chi connectivity index (χ3n) is 3.28. The summed E-state index contributed by atoms with van der Waals surface area (Å²) in [5, 5.41) is 9.39. The van der Waals surface area contributed by atoms with E-state index in [1.54, 1.807) is 11.8 Å². The van der Waals surface area contributed by atoms with Crippen molar-refractivity contribution in [2.45, 2.75) is 42.2 Å². The largest absolute Gasteiger partial charge is 0.197 e. The first kappa shape index (κ1) is 13.0. The molecule has 0 spiro atoms. The number of rotatable bonds is 4. The van der Waals surface area contributed by atoms with E-state index in [2.05, 4.69) is 35.0 Å². The van der Waals surface area contributed by atoms with Gasteiger partial charge in [0, 0.05) is 9.37 Å². The van der Waals surface area contributed by atoms with Crippen LogP contribution in [0.4, 0.5) is 0 Å². The lowest BCUT2D eigenvalue weighted by Crippen LogP contribution is -2.39. The predicted molar refractivity (Wildman–Crippen MR) is 76.0 cm³/mol. The second-order valence-electron chi connectivity index (χ2n) is 4.70. The van der Waals surface area contributed by atoms with E-state index in [9.17, 15) is 5.26 Å². The second-order valence-corrected chi connectivity index (χ2v) is 6.98. The van der Waals surface area contributed by atoms with E-state index in [-0.39, 0.29) is 4.75 Å². The van der Waals surface area contributed by atoms with Crippen LogP contribution in [-0.2, 0) is 0 Å². The first-order chi connectivity index (χ1) is 8.19. The molecule has 1 nitrogen and oxygen atoms in total. The quantitative estimate of drug-likeness (QED) is 0.780. The van der Waals surface area contributed by atoms with Crippen molar-refractivity contribution in [2.24, 2.45) is 5.92 Å². The van der Waals surface area contributed by atoms with Gasteiger partial charge in [0.15, 0.2) is 0 Å². The summed E-state index contributed by atoms with van der Waals surface area (Å²) in [4.78, 5) is 1.18. The smallest absolute Gasteiger partial charge is 0.108 e. The van der Waals surface area contributed by atoms with Gasteiger partial charge in [-0.3, -0.25) is 0 Å². The van der Waals surface area contributed by atoms with Gasteiger partial charge in [0.1, 0.15) is 4.75 Å². The monoisotopic (exact) mass is 309 g/mol. The van der Waals surface area contributed by atoms with E-state index < -0.39 is 0 Å². The van der Waals surface area contributed by atoms with Crippen LogP contribution in [0.25, 0.3) is 0 Å². The molecule has 1 aliphatic rings.